The Kier molecular flexibility index (Phi) is 5.34. The molecule has 7 nitrogen and oxygen atoms in total. The number of hydrogen-bond acceptors (Lipinski definition) is 5. The number of aromatic amines is 1. The Morgan fingerprint density at radius 2 is 1.95 bits per heavy atom. The highest BCUT2D eigenvalue weighted by Crippen LogP contribution is 2.26. The standard InChI is InChI=1S/C11H19N5O2S/c1-5(2)7(9(17)14-10(12)18)19-11-13-8(6(3)4)15-16-11/h5-7H,1-4H3,(H,13,15,16)(H3,12,14,17,18). The summed E-state index contributed by atoms with van der Waals surface area (Å²) in [6.07, 6.45) is 0. The Balaban J connectivity index is 2.77. The van der Waals surface area contributed by atoms with Crippen LogP contribution in [0.5, 0.6) is 0 Å². The molecule has 1 heterocycles. The molecule has 8 heteroatoms. The molecule has 0 fully saturated rings. The minimum Gasteiger partial charge on any atom is -0.351 e. The molecule has 1 atom stereocenters. The van der Waals surface area contributed by atoms with E-state index in [1.807, 2.05) is 27.7 Å². The summed E-state index contributed by atoms with van der Waals surface area (Å²) in [6, 6.07) is -0.853. The van der Waals surface area contributed by atoms with E-state index in [1.54, 1.807) is 0 Å². The van der Waals surface area contributed by atoms with Gasteiger partial charge in [0.15, 0.2) is 0 Å². The average Bonchev–Trinajstić information content (AvgIpc) is 2.72. The van der Waals surface area contributed by atoms with E-state index in [1.165, 1.54) is 11.8 Å². The fraction of sp³-hybridized carbons (Fsp3) is 0.636. The monoisotopic (exact) mass is 285 g/mol. The van der Waals surface area contributed by atoms with Crippen LogP contribution in [-0.2, 0) is 4.79 Å². The highest BCUT2D eigenvalue weighted by atomic mass is 32.2. The van der Waals surface area contributed by atoms with Crippen LogP contribution in [0.15, 0.2) is 5.16 Å². The molecule has 0 aliphatic heterocycles. The van der Waals surface area contributed by atoms with Crippen molar-refractivity contribution in [2.45, 2.75) is 44.0 Å². The van der Waals surface area contributed by atoms with Gasteiger partial charge in [0, 0.05) is 5.92 Å². The number of imide groups is 1. The van der Waals surface area contributed by atoms with Crippen molar-refractivity contribution in [1.29, 1.82) is 0 Å². The molecule has 0 aliphatic carbocycles. The SMILES string of the molecule is CC(C)c1nc(SC(C(=O)NC(N)=O)C(C)C)n[nH]1. The first-order valence-corrected chi connectivity index (χ1v) is 6.88. The summed E-state index contributed by atoms with van der Waals surface area (Å²) in [7, 11) is 0. The van der Waals surface area contributed by atoms with Gasteiger partial charge in [-0.3, -0.25) is 15.2 Å². The minimum absolute atomic E-state index is 0.0188. The number of carbonyl (C=O) groups excluding carboxylic acids is 2. The van der Waals surface area contributed by atoms with Crippen LogP contribution < -0.4 is 11.1 Å². The van der Waals surface area contributed by atoms with Crippen LogP contribution in [0.4, 0.5) is 4.79 Å². The van der Waals surface area contributed by atoms with Crippen LogP contribution in [0.2, 0.25) is 0 Å². The van der Waals surface area contributed by atoms with E-state index in [0.29, 0.717) is 5.16 Å². The minimum atomic E-state index is -0.853. The summed E-state index contributed by atoms with van der Waals surface area (Å²) in [4.78, 5) is 26.9. The van der Waals surface area contributed by atoms with Crippen molar-refractivity contribution < 1.29 is 9.59 Å². The molecular formula is C11H19N5O2S. The second-order valence-electron chi connectivity index (χ2n) is 4.79. The van der Waals surface area contributed by atoms with Crippen molar-refractivity contribution >= 4 is 23.7 Å². The molecule has 19 heavy (non-hydrogen) atoms. The fourth-order valence-electron chi connectivity index (χ4n) is 1.37. The molecule has 0 saturated heterocycles. The number of rotatable bonds is 5. The van der Waals surface area contributed by atoms with Crippen LogP contribution in [0.3, 0.4) is 0 Å². The number of H-pyrrole nitrogens is 1. The summed E-state index contributed by atoms with van der Waals surface area (Å²) in [5.41, 5.74) is 4.95. The zero-order valence-electron chi connectivity index (χ0n) is 11.4. The molecule has 0 radical (unpaired) electrons. The Morgan fingerprint density at radius 3 is 2.37 bits per heavy atom. The summed E-state index contributed by atoms with van der Waals surface area (Å²) >= 11 is 1.21. The van der Waals surface area contributed by atoms with E-state index in [-0.39, 0.29) is 11.8 Å². The van der Waals surface area contributed by atoms with Crippen molar-refractivity contribution in [3.63, 3.8) is 0 Å². The zero-order chi connectivity index (χ0) is 14.6. The van der Waals surface area contributed by atoms with Crippen molar-refractivity contribution in [1.82, 2.24) is 20.5 Å². The molecule has 0 spiro atoms. The number of nitrogens with one attached hydrogen (secondary N) is 2. The quantitative estimate of drug-likeness (QED) is 0.704. The van der Waals surface area contributed by atoms with Crippen LogP contribution in [-0.4, -0.2) is 32.4 Å². The van der Waals surface area contributed by atoms with E-state index in [4.69, 9.17) is 5.73 Å². The second-order valence-corrected chi connectivity index (χ2v) is 5.90. The Hall–Kier alpha value is -1.57. The van der Waals surface area contributed by atoms with Gasteiger partial charge in [-0.15, -0.1) is 5.10 Å². The molecule has 1 aromatic rings. The molecule has 4 N–H and O–H groups in total. The number of primary amides is 1. The molecule has 1 unspecified atom stereocenters. The third kappa shape index (κ3) is 4.55. The van der Waals surface area contributed by atoms with Gasteiger partial charge in [0.2, 0.25) is 11.1 Å². The summed E-state index contributed by atoms with van der Waals surface area (Å²) in [5, 5.41) is 8.98. The van der Waals surface area contributed by atoms with E-state index in [9.17, 15) is 9.59 Å². The first kappa shape index (κ1) is 15.5. The maximum absolute atomic E-state index is 11.8. The lowest BCUT2D eigenvalue weighted by atomic mass is 10.1. The first-order valence-electron chi connectivity index (χ1n) is 6.00. The number of nitrogens with zero attached hydrogens (tertiary/aromatic N) is 2. The number of amides is 3. The van der Waals surface area contributed by atoms with Crippen LogP contribution in [0, 0.1) is 5.92 Å². The number of urea groups is 1. The predicted octanol–water partition coefficient (Wildman–Crippen LogP) is 1.24. The molecule has 3 amide bonds. The Labute approximate surface area is 116 Å². The average molecular weight is 285 g/mol. The van der Waals surface area contributed by atoms with Gasteiger partial charge in [0.25, 0.3) is 0 Å². The third-order valence-corrected chi connectivity index (χ3v) is 3.78. The zero-order valence-corrected chi connectivity index (χ0v) is 12.2. The van der Waals surface area contributed by atoms with E-state index in [0.717, 1.165) is 5.82 Å². The summed E-state index contributed by atoms with van der Waals surface area (Å²) in [5.74, 6) is 0.591. The molecule has 1 aromatic heterocycles. The molecule has 0 aliphatic rings. The molecule has 0 saturated carbocycles. The van der Waals surface area contributed by atoms with E-state index in [2.05, 4.69) is 20.5 Å². The lowest BCUT2D eigenvalue weighted by Gasteiger charge is -2.16. The third-order valence-electron chi connectivity index (χ3n) is 2.37. The molecule has 106 valence electrons. The summed E-state index contributed by atoms with van der Waals surface area (Å²) < 4.78 is 0. The second kappa shape index (κ2) is 6.55. The Bertz CT molecular complexity index is 458. The lowest BCUT2D eigenvalue weighted by Crippen LogP contribution is -2.42. The first-order chi connectivity index (χ1) is 8.81. The van der Waals surface area contributed by atoms with Gasteiger partial charge in [-0.2, -0.15) is 0 Å². The van der Waals surface area contributed by atoms with Crippen LogP contribution in [0.1, 0.15) is 39.4 Å². The van der Waals surface area contributed by atoms with Gasteiger partial charge < -0.3 is 5.73 Å². The van der Waals surface area contributed by atoms with Gasteiger partial charge >= 0.3 is 6.03 Å². The number of carbonyl (C=O) groups is 2. The molecular weight excluding hydrogens is 266 g/mol. The van der Waals surface area contributed by atoms with Crippen molar-refractivity contribution in [2.24, 2.45) is 11.7 Å². The molecule has 0 bridgehead atoms. The van der Waals surface area contributed by atoms with E-state index >= 15 is 0 Å². The predicted molar refractivity (Wildman–Crippen MR) is 72.7 cm³/mol. The van der Waals surface area contributed by atoms with Crippen molar-refractivity contribution in [3.05, 3.63) is 5.82 Å². The van der Waals surface area contributed by atoms with Crippen molar-refractivity contribution in [2.75, 3.05) is 0 Å². The smallest absolute Gasteiger partial charge is 0.318 e. The Morgan fingerprint density at radius 1 is 1.32 bits per heavy atom. The number of hydrogen-bond donors (Lipinski definition) is 3. The van der Waals surface area contributed by atoms with E-state index < -0.39 is 17.2 Å². The summed E-state index contributed by atoms with van der Waals surface area (Å²) in [6.45, 7) is 7.76. The maximum Gasteiger partial charge on any atom is 0.318 e. The normalized spacial score (nSPS) is 12.7. The van der Waals surface area contributed by atoms with Gasteiger partial charge in [0.1, 0.15) is 5.82 Å². The molecule has 0 aromatic carbocycles. The van der Waals surface area contributed by atoms with Gasteiger partial charge in [-0.1, -0.05) is 39.5 Å². The van der Waals surface area contributed by atoms with Crippen LogP contribution >= 0.6 is 11.8 Å². The molecule has 1 rings (SSSR count). The maximum atomic E-state index is 11.8. The van der Waals surface area contributed by atoms with Crippen LogP contribution in [0.25, 0.3) is 0 Å². The number of aromatic nitrogens is 3. The highest BCUT2D eigenvalue weighted by molar-refractivity contribution is 8.00. The van der Waals surface area contributed by atoms with Gasteiger partial charge in [0.05, 0.1) is 5.25 Å². The number of nitrogens with two attached hydrogens (primary N) is 1. The highest BCUT2D eigenvalue weighted by Gasteiger charge is 2.26. The lowest BCUT2D eigenvalue weighted by molar-refractivity contribution is -0.120. The topological polar surface area (TPSA) is 114 Å². The van der Waals surface area contributed by atoms with Gasteiger partial charge in [-0.25, -0.2) is 9.78 Å². The van der Waals surface area contributed by atoms with Gasteiger partial charge in [-0.05, 0) is 5.92 Å². The number of thioether (sulfide) groups is 1. The van der Waals surface area contributed by atoms with Crippen molar-refractivity contribution in [3.8, 4) is 0 Å². The largest absolute Gasteiger partial charge is 0.351 e. The fourth-order valence-corrected chi connectivity index (χ4v) is 2.28.